The number of hydrogen-bond acceptors (Lipinski definition) is 4. The van der Waals surface area contributed by atoms with Gasteiger partial charge in [0, 0.05) is 19.9 Å². The van der Waals surface area contributed by atoms with Crippen molar-refractivity contribution in [2.75, 3.05) is 14.2 Å². The molecule has 130 valence electrons. The highest BCUT2D eigenvalue weighted by Gasteiger charge is 2.19. The van der Waals surface area contributed by atoms with Gasteiger partial charge in [-0.2, -0.15) is 0 Å². The van der Waals surface area contributed by atoms with Gasteiger partial charge in [-0.3, -0.25) is 14.4 Å². The lowest BCUT2D eigenvalue weighted by Gasteiger charge is -2.23. The molecule has 0 aliphatic carbocycles. The second-order valence-corrected chi connectivity index (χ2v) is 6.28. The Bertz CT molecular complexity index is 329. The number of carbonyl (C=O) groups excluding carboxylic acids is 2. The Morgan fingerprint density at radius 2 is 1.45 bits per heavy atom. The zero-order chi connectivity index (χ0) is 17.0. The number of unbranched alkanes of at least 4 members (excludes halogenated alkanes) is 5. The standard InChI is InChI=1S/C17H33NO4/c1-6-17(2,3)22-16(20)14-12-10-8-7-9-11-13-15(19)18(4)21-5/h6-14H2,1-5H3. The van der Waals surface area contributed by atoms with Gasteiger partial charge in [-0.05, 0) is 33.1 Å². The van der Waals surface area contributed by atoms with E-state index in [1.54, 1.807) is 7.05 Å². The normalized spacial score (nSPS) is 11.3. The van der Waals surface area contributed by atoms with Crippen LogP contribution in [0.25, 0.3) is 0 Å². The quantitative estimate of drug-likeness (QED) is 0.312. The maximum absolute atomic E-state index is 11.6. The van der Waals surface area contributed by atoms with Gasteiger partial charge in [0.25, 0.3) is 0 Å². The Labute approximate surface area is 135 Å². The van der Waals surface area contributed by atoms with Crippen LogP contribution in [0.3, 0.4) is 0 Å². The largest absolute Gasteiger partial charge is 0.460 e. The minimum absolute atomic E-state index is 0.0174. The van der Waals surface area contributed by atoms with Crippen LogP contribution in [-0.2, 0) is 19.2 Å². The third-order valence-corrected chi connectivity index (χ3v) is 3.89. The van der Waals surface area contributed by atoms with E-state index in [1.807, 2.05) is 20.8 Å². The predicted molar refractivity (Wildman–Crippen MR) is 87.2 cm³/mol. The van der Waals surface area contributed by atoms with E-state index >= 15 is 0 Å². The summed E-state index contributed by atoms with van der Waals surface area (Å²) in [4.78, 5) is 27.9. The molecule has 0 rings (SSSR count). The van der Waals surface area contributed by atoms with Gasteiger partial charge in [-0.1, -0.05) is 32.6 Å². The number of esters is 1. The molecule has 0 saturated heterocycles. The fourth-order valence-electron chi connectivity index (χ4n) is 1.94. The molecule has 0 aromatic rings. The van der Waals surface area contributed by atoms with Crippen molar-refractivity contribution in [3.8, 4) is 0 Å². The van der Waals surface area contributed by atoms with E-state index in [0.717, 1.165) is 44.9 Å². The summed E-state index contributed by atoms with van der Waals surface area (Å²) in [6.45, 7) is 5.89. The molecule has 0 radical (unpaired) electrons. The number of carbonyl (C=O) groups is 2. The summed E-state index contributed by atoms with van der Waals surface area (Å²) in [5, 5.41) is 1.27. The molecule has 5 nitrogen and oxygen atoms in total. The van der Waals surface area contributed by atoms with Crippen molar-refractivity contribution < 1.29 is 19.2 Å². The van der Waals surface area contributed by atoms with Crippen LogP contribution in [0.1, 0.15) is 78.6 Å². The minimum atomic E-state index is -0.348. The monoisotopic (exact) mass is 315 g/mol. The van der Waals surface area contributed by atoms with Crippen LogP contribution in [0, 0.1) is 0 Å². The molecule has 0 aromatic carbocycles. The van der Waals surface area contributed by atoms with Crippen molar-refractivity contribution in [2.45, 2.75) is 84.2 Å². The average Bonchev–Trinajstić information content (AvgIpc) is 2.48. The lowest BCUT2D eigenvalue weighted by atomic mass is 10.1. The lowest BCUT2D eigenvalue weighted by Crippen LogP contribution is -2.26. The first-order chi connectivity index (χ1) is 10.3. The summed E-state index contributed by atoms with van der Waals surface area (Å²) < 4.78 is 5.40. The van der Waals surface area contributed by atoms with Crippen LogP contribution in [-0.4, -0.2) is 36.7 Å². The Kier molecular flexibility index (Phi) is 10.9. The fourth-order valence-corrected chi connectivity index (χ4v) is 1.94. The molecule has 0 saturated carbocycles. The van der Waals surface area contributed by atoms with Gasteiger partial charge >= 0.3 is 5.97 Å². The molecular formula is C17H33NO4. The molecule has 0 atom stereocenters. The van der Waals surface area contributed by atoms with E-state index in [0.29, 0.717) is 12.8 Å². The Morgan fingerprint density at radius 1 is 0.955 bits per heavy atom. The first-order valence-electron chi connectivity index (χ1n) is 8.35. The van der Waals surface area contributed by atoms with Crippen molar-refractivity contribution >= 4 is 11.9 Å². The maximum atomic E-state index is 11.6. The zero-order valence-electron chi connectivity index (χ0n) is 14.9. The lowest BCUT2D eigenvalue weighted by molar-refractivity contribution is -0.168. The van der Waals surface area contributed by atoms with Crippen molar-refractivity contribution in [3.05, 3.63) is 0 Å². The van der Waals surface area contributed by atoms with E-state index < -0.39 is 0 Å². The van der Waals surface area contributed by atoms with Crippen molar-refractivity contribution in [1.29, 1.82) is 0 Å². The van der Waals surface area contributed by atoms with Gasteiger partial charge in [0.15, 0.2) is 0 Å². The van der Waals surface area contributed by atoms with Gasteiger partial charge in [-0.25, -0.2) is 5.06 Å². The molecule has 0 fully saturated rings. The molecule has 0 heterocycles. The molecule has 0 aliphatic heterocycles. The summed E-state index contributed by atoms with van der Waals surface area (Å²) >= 11 is 0. The predicted octanol–water partition coefficient (Wildman–Crippen LogP) is 3.86. The molecular weight excluding hydrogens is 282 g/mol. The van der Waals surface area contributed by atoms with Gasteiger partial charge in [0.2, 0.25) is 5.91 Å². The smallest absolute Gasteiger partial charge is 0.306 e. The highest BCUT2D eigenvalue weighted by atomic mass is 16.7. The average molecular weight is 315 g/mol. The molecule has 22 heavy (non-hydrogen) atoms. The summed E-state index contributed by atoms with van der Waals surface area (Å²) in [5.74, 6) is -0.0798. The maximum Gasteiger partial charge on any atom is 0.306 e. The Hall–Kier alpha value is -1.10. The number of ether oxygens (including phenoxy) is 1. The summed E-state index contributed by atoms with van der Waals surface area (Å²) in [5.41, 5.74) is -0.348. The molecule has 0 aromatic heterocycles. The fraction of sp³-hybridized carbons (Fsp3) is 0.882. The van der Waals surface area contributed by atoms with E-state index in [-0.39, 0.29) is 17.5 Å². The first-order valence-corrected chi connectivity index (χ1v) is 8.35. The molecule has 0 N–H and O–H groups in total. The number of amides is 1. The molecule has 0 bridgehead atoms. The van der Waals surface area contributed by atoms with Gasteiger partial charge in [0.1, 0.15) is 5.60 Å². The third-order valence-electron chi connectivity index (χ3n) is 3.89. The van der Waals surface area contributed by atoms with Gasteiger partial charge in [0.05, 0.1) is 7.11 Å². The number of nitrogens with zero attached hydrogens (tertiary/aromatic N) is 1. The van der Waals surface area contributed by atoms with E-state index in [1.165, 1.54) is 12.2 Å². The number of rotatable bonds is 12. The second-order valence-electron chi connectivity index (χ2n) is 6.28. The molecule has 5 heteroatoms. The number of hydrogen-bond donors (Lipinski definition) is 0. The topological polar surface area (TPSA) is 55.8 Å². The highest BCUT2D eigenvalue weighted by Crippen LogP contribution is 2.16. The third kappa shape index (κ3) is 10.6. The van der Waals surface area contributed by atoms with Crippen LogP contribution in [0.4, 0.5) is 0 Å². The minimum Gasteiger partial charge on any atom is -0.460 e. The molecule has 0 aliphatic rings. The molecule has 1 amide bonds. The van der Waals surface area contributed by atoms with Crippen LogP contribution >= 0.6 is 0 Å². The summed E-state index contributed by atoms with van der Waals surface area (Å²) in [7, 11) is 3.12. The first kappa shape index (κ1) is 20.9. The van der Waals surface area contributed by atoms with Crippen LogP contribution in [0.15, 0.2) is 0 Å². The molecule has 0 unspecified atom stereocenters. The van der Waals surface area contributed by atoms with Crippen molar-refractivity contribution in [1.82, 2.24) is 5.06 Å². The number of hydroxylamine groups is 2. The summed E-state index contributed by atoms with van der Waals surface area (Å²) in [6.07, 6.45) is 7.89. The highest BCUT2D eigenvalue weighted by molar-refractivity contribution is 5.74. The van der Waals surface area contributed by atoms with E-state index in [9.17, 15) is 9.59 Å². The van der Waals surface area contributed by atoms with Gasteiger partial charge < -0.3 is 4.74 Å². The van der Waals surface area contributed by atoms with E-state index in [4.69, 9.17) is 9.57 Å². The van der Waals surface area contributed by atoms with E-state index in [2.05, 4.69) is 0 Å². The molecule has 0 spiro atoms. The Balaban J connectivity index is 3.48. The SMILES string of the molecule is CCC(C)(C)OC(=O)CCCCCCCCC(=O)N(C)OC. The van der Waals surface area contributed by atoms with Crippen LogP contribution in [0.2, 0.25) is 0 Å². The zero-order valence-corrected chi connectivity index (χ0v) is 14.9. The van der Waals surface area contributed by atoms with Crippen LogP contribution < -0.4 is 0 Å². The summed E-state index contributed by atoms with van der Waals surface area (Å²) in [6, 6.07) is 0. The van der Waals surface area contributed by atoms with Crippen LogP contribution in [0.5, 0.6) is 0 Å². The second kappa shape index (κ2) is 11.5. The van der Waals surface area contributed by atoms with Crippen molar-refractivity contribution in [2.24, 2.45) is 0 Å². The Morgan fingerprint density at radius 3 is 1.95 bits per heavy atom. The van der Waals surface area contributed by atoms with Crippen molar-refractivity contribution in [3.63, 3.8) is 0 Å². The van der Waals surface area contributed by atoms with Gasteiger partial charge in [-0.15, -0.1) is 0 Å².